The van der Waals surface area contributed by atoms with Gasteiger partial charge in [-0.2, -0.15) is 0 Å². The fourth-order valence-electron chi connectivity index (χ4n) is 4.54. The Kier molecular flexibility index (Phi) is 11.3. The molecule has 5 unspecified atom stereocenters. The van der Waals surface area contributed by atoms with E-state index in [1.807, 2.05) is 30.3 Å². The molecular weight excluding hydrogens is 556 g/mol. The third kappa shape index (κ3) is 8.80. The fraction of sp³-hybridized carbons (Fsp3) is 0.400. The number of benzene rings is 2. The van der Waals surface area contributed by atoms with Crippen LogP contribution in [0, 0.1) is 0 Å². The minimum Gasteiger partial charge on any atom is -0.488 e. The van der Waals surface area contributed by atoms with E-state index in [1.54, 1.807) is 18.2 Å². The maximum Gasteiger partial charge on any atom is 0.303 e. The number of carbonyl (C=O) groups is 4. The van der Waals surface area contributed by atoms with Crippen LogP contribution in [0.3, 0.4) is 0 Å². The highest BCUT2D eigenvalue weighted by Gasteiger charge is 2.52. The maximum absolute atomic E-state index is 12.3. The molecule has 1 heterocycles. The van der Waals surface area contributed by atoms with Gasteiger partial charge in [0.2, 0.25) is 0 Å². The second-order valence-electron chi connectivity index (χ2n) is 9.37. The van der Waals surface area contributed by atoms with Crippen molar-refractivity contribution in [3.8, 4) is 5.75 Å². The van der Waals surface area contributed by atoms with Crippen molar-refractivity contribution in [2.45, 2.75) is 64.6 Å². The summed E-state index contributed by atoms with van der Waals surface area (Å²) in [5.41, 5.74) is 2.13. The Hall–Kier alpha value is -3.89. The molecule has 220 valence electrons. The number of rotatable bonds is 11. The lowest BCUT2D eigenvalue weighted by molar-refractivity contribution is -0.254. The van der Waals surface area contributed by atoms with Crippen molar-refractivity contribution < 1.29 is 47.6 Å². The second kappa shape index (κ2) is 14.7. The highest BCUT2D eigenvalue weighted by atomic mass is 35.5. The molecule has 1 saturated heterocycles. The van der Waals surface area contributed by atoms with E-state index >= 15 is 0 Å². The van der Waals surface area contributed by atoms with Gasteiger partial charge in [-0.3, -0.25) is 19.2 Å². The maximum atomic E-state index is 12.3. The van der Waals surface area contributed by atoms with Gasteiger partial charge in [0.05, 0.1) is 5.02 Å². The number of hydrogen-bond acceptors (Lipinski definition) is 10. The normalized spacial score (nSPS) is 21.7. The Labute approximate surface area is 243 Å². The van der Waals surface area contributed by atoms with Gasteiger partial charge in [-0.25, -0.2) is 0 Å². The molecule has 1 fully saturated rings. The van der Waals surface area contributed by atoms with Gasteiger partial charge in [-0.15, -0.1) is 0 Å². The molecule has 11 heteroatoms. The van der Waals surface area contributed by atoms with Crippen molar-refractivity contribution in [3.05, 3.63) is 76.8 Å². The topological polar surface area (TPSA) is 124 Å². The third-order valence-corrected chi connectivity index (χ3v) is 6.48. The molecule has 0 aliphatic carbocycles. The smallest absolute Gasteiger partial charge is 0.303 e. The van der Waals surface area contributed by atoms with E-state index in [1.165, 1.54) is 27.7 Å². The lowest BCUT2D eigenvalue weighted by atomic mass is 9.89. The molecule has 3 rings (SSSR count). The molecule has 41 heavy (non-hydrogen) atoms. The summed E-state index contributed by atoms with van der Waals surface area (Å²) in [6, 6.07) is 13.0. The van der Waals surface area contributed by atoms with Crippen LogP contribution in [0.2, 0.25) is 5.02 Å². The van der Waals surface area contributed by atoms with Crippen LogP contribution in [0.4, 0.5) is 0 Å². The molecule has 0 aromatic heterocycles. The Morgan fingerprint density at radius 3 is 2.07 bits per heavy atom. The number of ether oxygens (including phenoxy) is 6. The highest BCUT2D eigenvalue weighted by Crippen LogP contribution is 2.41. The monoisotopic (exact) mass is 588 g/mol. The Morgan fingerprint density at radius 1 is 0.878 bits per heavy atom. The Morgan fingerprint density at radius 2 is 1.49 bits per heavy atom. The summed E-state index contributed by atoms with van der Waals surface area (Å²) in [5, 5.41) is 0.366. The van der Waals surface area contributed by atoms with Crippen LogP contribution in [-0.4, -0.2) is 61.5 Å². The van der Waals surface area contributed by atoms with E-state index in [9.17, 15) is 19.2 Å². The van der Waals surface area contributed by atoms with Crippen molar-refractivity contribution in [3.63, 3.8) is 0 Å². The van der Waals surface area contributed by atoms with E-state index in [-0.39, 0.29) is 13.2 Å². The van der Waals surface area contributed by atoms with Crippen molar-refractivity contribution >= 4 is 35.5 Å². The molecule has 0 spiro atoms. The molecule has 0 amide bonds. The minimum atomic E-state index is -1.30. The quantitative estimate of drug-likeness (QED) is 0.213. The van der Waals surface area contributed by atoms with Gasteiger partial charge in [0, 0.05) is 27.7 Å². The Balaban J connectivity index is 2.18. The van der Waals surface area contributed by atoms with Crippen LogP contribution >= 0.6 is 11.6 Å². The zero-order chi connectivity index (χ0) is 30.1. The summed E-state index contributed by atoms with van der Waals surface area (Å²) < 4.78 is 34.0. The average Bonchev–Trinajstić information content (AvgIpc) is 2.90. The predicted molar refractivity (Wildman–Crippen MR) is 147 cm³/mol. The molecule has 2 aromatic rings. The van der Waals surface area contributed by atoms with Gasteiger partial charge in [0.15, 0.2) is 18.3 Å². The lowest BCUT2D eigenvalue weighted by Gasteiger charge is -2.44. The summed E-state index contributed by atoms with van der Waals surface area (Å²) in [6.07, 6.45) is -3.98. The van der Waals surface area contributed by atoms with Gasteiger partial charge < -0.3 is 28.4 Å². The van der Waals surface area contributed by atoms with Gasteiger partial charge >= 0.3 is 23.9 Å². The first kappa shape index (κ1) is 31.6. The number of hydrogen-bond donors (Lipinski definition) is 0. The van der Waals surface area contributed by atoms with Crippen molar-refractivity contribution in [1.29, 1.82) is 0 Å². The molecular formula is C30H33ClO10. The summed E-state index contributed by atoms with van der Waals surface area (Å²) in [4.78, 5) is 48.1. The zero-order valence-corrected chi connectivity index (χ0v) is 24.1. The molecule has 10 nitrogen and oxygen atoms in total. The first-order valence-electron chi connectivity index (χ1n) is 12.9. The lowest BCUT2D eigenvalue weighted by Crippen LogP contribution is -2.59. The molecule has 0 bridgehead atoms. The molecule has 0 N–H and O–H groups in total. The van der Waals surface area contributed by atoms with E-state index in [0.29, 0.717) is 28.3 Å². The van der Waals surface area contributed by atoms with Crippen LogP contribution in [0.1, 0.15) is 50.5 Å². The Bertz CT molecular complexity index is 1260. The average molecular weight is 589 g/mol. The van der Waals surface area contributed by atoms with Crippen LogP contribution in [0.25, 0.3) is 0 Å². The molecule has 0 saturated carbocycles. The van der Waals surface area contributed by atoms with Crippen LogP contribution < -0.4 is 4.74 Å². The molecule has 2 aromatic carbocycles. The third-order valence-electron chi connectivity index (χ3n) is 6.05. The summed E-state index contributed by atoms with van der Waals surface area (Å²) >= 11 is 6.75. The minimum absolute atomic E-state index is 0.159. The summed E-state index contributed by atoms with van der Waals surface area (Å²) in [6.45, 7) is 8.25. The highest BCUT2D eigenvalue weighted by molar-refractivity contribution is 6.32. The van der Waals surface area contributed by atoms with E-state index in [0.717, 1.165) is 5.56 Å². The fourth-order valence-corrected chi connectivity index (χ4v) is 4.77. The zero-order valence-electron chi connectivity index (χ0n) is 23.3. The molecule has 1 aliphatic heterocycles. The largest absolute Gasteiger partial charge is 0.488 e. The van der Waals surface area contributed by atoms with Gasteiger partial charge in [0.25, 0.3) is 0 Å². The van der Waals surface area contributed by atoms with Crippen molar-refractivity contribution in [2.24, 2.45) is 0 Å². The van der Waals surface area contributed by atoms with Gasteiger partial charge in [-0.05, 0) is 29.2 Å². The molecule has 0 radical (unpaired) electrons. The molecule has 1 aliphatic rings. The predicted octanol–water partition coefficient (Wildman–Crippen LogP) is 4.29. The number of esters is 4. The second-order valence-corrected chi connectivity index (χ2v) is 9.75. The van der Waals surface area contributed by atoms with Crippen molar-refractivity contribution in [2.75, 3.05) is 13.2 Å². The van der Waals surface area contributed by atoms with Crippen LogP contribution in [-0.2, 0) is 49.3 Å². The first-order chi connectivity index (χ1) is 19.5. The first-order valence-corrected chi connectivity index (χ1v) is 13.3. The summed E-state index contributed by atoms with van der Waals surface area (Å²) in [7, 11) is 0. The molecule has 5 atom stereocenters. The van der Waals surface area contributed by atoms with E-state index in [2.05, 4.69) is 6.58 Å². The van der Waals surface area contributed by atoms with E-state index in [4.69, 9.17) is 40.0 Å². The standard InChI is InChI=1S/C30H33ClO10/c1-6-12-36-24-15-23(14-22(26(24)31)13-21-10-8-7-9-11-21)27-29(39-19(4)34)30(40-20(5)35)28(38-18(3)33)25(41-27)16-37-17(2)32/h6-11,14-15,25,27-30H,1,12-13,16H2,2-5H3. The van der Waals surface area contributed by atoms with Gasteiger partial charge in [0.1, 0.15) is 31.2 Å². The number of carbonyl (C=O) groups excluding carboxylic acids is 4. The van der Waals surface area contributed by atoms with E-state index < -0.39 is 54.4 Å². The summed E-state index contributed by atoms with van der Waals surface area (Å²) in [5.74, 6) is -2.40. The van der Waals surface area contributed by atoms with Crippen LogP contribution in [0.5, 0.6) is 5.75 Å². The number of halogens is 1. The SMILES string of the molecule is C=CCOc1cc(C2OC(COC(C)=O)C(OC(C)=O)C(OC(C)=O)C2OC(C)=O)cc(Cc2ccccc2)c1Cl. The van der Waals surface area contributed by atoms with Gasteiger partial charge in [-0.1, -0.05) is 60.7 Å². The van der Waals surface area contributed by atoms with Crippen molar-refractivity contribution in [1.82, 2.24) is 0 Å². The van der Waals surface area contributed by atoms with Crippen LogP contribution in [0.15, 0.2) is 55.1 Å².